The first kappa shape index (κ1) is 12.9. The first-order chi connectivity index (χ1) is 8.72. The number of para-hydroxylation sites is 2. The maximum atomic E-state index is 11.8. The van der Waals surface area contributed by atoms with Gasteiger partial charge in [-0.05, 0) is 31.5 Å². The summed E-state index contributed by atoms with van der Waals surface area (Å²) in [6.45, 7) is 1.14. The molecular formula is C13H18N2O3. The third-order valence-corrected chi connectivity index (χ3v) is 3.03. The molecule has 1 aliphatic rings. The lowest BCUT2D eigenvalue weighted by Crippen LogP contribution is -2.46. The summed E-state index contributed by atoms with van der Waals surface area (Å²) >= 11 is 0. The highest BCUT2D eigenvalue weighted by Crippen LogP contribution is 2.28. The molecule has 0 bridgehead atoms. The summed E-state index contributed by atoms with van der Waals surface area (Å²) < 4.78 is 5.46. The molecule has 1 heterocycles. The Labute approximate surface area is 106 Å². The number of carbonyl (C=O) groups is 1. The molecule has 98 valence electrons. The van der Waals surface area contributed by atoms with Crippen molar-refractivity contribution in [3.63, 3.8) is 0 Å². The molecule has 2 rings (SSSR count). The lowest BCUT2D eigenvalue weighted by Gasteiger charge is -2.33. The van der Waals surface area contributed by atoms with Crippen LogP contribution in [0.2, 0.25) is 0 Å². The molecule has 0 saturated carbocycles. The Bertz CT molecular complexity index is 422. The highest BCUT2D eigenvalue weighted by atomic mass is 16.5. The number of hydrogen-bond donors (Lipinski definition) is 2. The lowest BCUT2D eigenvalue weighted by molar-refractivity contribution is -0.129. The second-order valence-corrected chi connectivity index (χ2v) is 4.36. The van der Waals surface area contributed by atoms with Gasteiger partial charge in [0.25, 0.3) is 5.91 Å². The van der Waals surface area contributed by atoms with Gasteiger partial charge in [0.2, 0.25) is 0 Å². The number of ether oxygens (including phenoxy) is 1. The Morgan fingerprint density at radius 2 is 2.22 bits per heavy atom. The van der Waals surface area contributed by atoms with E-state index in [1.165, 1.54) is 0 Å². The van der Waals surface area contributed by atoms with E-state index in [1.54, 1.807) is 29.2 Å². The highest BCUT2D eigenvalue weighted by molar-refractivity contribution is 5.96. The van der Waals surface area contributed by atoms with E-state index in [9.17, 15) is 9.90 Å². The fourth-order valence-electron chi connectivity index (χ4n) is 2.07. The number of nitrogens with two attached hydrogens (primary N) is 1. The van der Waals surface area contributed by atoms with E-state index in [4.69, 9.17) is 10.5 Å². The predicted molar refractivity (Wildman–Crippen MR) is 68.5 cm³/mol. The molecule has 3 N–H and O–H groups in total. The van der Waals surface area contributed by atoms with Crippen molar-refractivity contribution >= 4 is 11.6 Å². The van der Waals surface area contributed by atoms with E-state index in [-0.39, 0.29) is 24.4 Å². The predicted octanol–water partition coefficient (Wildman–Crippen LogP) is 0.863. The average molecular weight is 250 g/mol. The van der Waals surface area contributed by atoms with Crippen LogP contribution < -0.4 is 10.6 Å². The van der Waals surface area contributed by atoms with Gasteiger partial charge >= 0.3 is 0 Å². The second-order valence-electron chi connectivity index (χ2n) is 4.36. The summed E-state index contributed by atoms with van der Waals surface area (Å²) in [6, 6.07) is 6.84. The smallest absolute Gasteiger partial charge is 0.253 e. The average Bonchev–Trinajstić information content (AvgIpc) is 2.39. The molecule has 1 unspecified atom stereocenters. The van der Waals surface area contributed by atoms with Gasteiger partial charge in [-0.15, -0.1) is 0 Å². The molecule has 1 amide bonds. The number of hydrogen-bond acceptors (Lipinski definition) is 4. The Morgan fingerprint density at radius 1 is 1.44 bits per heavy atom. The number of morpholine rings is 1. The van der Waals surface area contributed by atoms with E-state index in [2.05, 4.69) is 0 Å². The summed E-state index contributed by atoms with van der Waals surface area (Å²) in [5.41, 5.74) is 6.01. The number of benzene rings is 1. The van der Waals surface area contributed by atoms with Crippen LogP contribution in [0.15, 0.2) is 24.3 Å². The monoisotopic (exact) mass is 250 g/mol. The van der Waals surface area contributed by atoms with Crippen molar-refractivity contribution in [2.75, 3.05) is 24.6 Å². The molecule has 18 heavy (non-hydrogen) atoms. The molecule has 0 spiro atoms. The molecule has 0 radical (unpaired) electrons. The quantitative estimate of drug-likeness (QED) is 0.831. The minimum Gasteiger partial charge on any atom is -0.506 e. The molecule has 1 aromatic carbocycles. The Kier molecular flexibility index (Phi) is 4.17. The van der Waals surface area contributed by atoms with Crippen LogP contribution in [0.5, 0.6) is 5.75 Å². The third-order valence-electron chi connectivity index (χ3n) is 3.03. The standard InChI is InChI=1S/C13H18N2O3/c14-7-3-4-10-8-15(13(17)9-18-10)11-5-1-2-6-12(11)16/h1-2,5-6,10,16H,3-4,7-9,14H2. The van der Waals surface area contributed by atoms with Crippen LogP contribution in [-0.2, 0) is 9.53 Å². The molecule has 0 aromatic heterocycles. The van der Waals surface area contributed by atoms with Gasteiger partial charge in [0, 0.05) is 0 Å². The number of amides is 1. The molecule has 0 aliphatic carbocycles. The van der Waals surface area contributed by atoms with Gasteiger partial charge in [-0.3, -0.25) is 4.79 Å². The van der Waals surface area contributed by atoms with Crippen molar-refractivity contribution in [2.24, 2.45) is 5.73 Å². The van der Waals surface area contributed by atoms with Gasteiger partial charge in [-0.1, -0.05) is 12.1 Å². The SMILES string of the molecule is NCCCC1CN(c2ccccc2O)C(=O)CO1. The van der Waals surface area contributed by atoms with Crippen LogP contribution in [0.3, 0.4) is 0 Å². The topological polar surface area (TPSA) is 75.8 Å². The van der Waals surface area contributed by atoms with E-state index >= 15 is 0 Å². The molecule has 1 aromatic rings. The first-order valence-corrected chi connectivity index (χ1v) is 6.12. The van der Waals surface area contributed by atoms with Crippen molar-refractivity contribution < 1.29 is 14.6 Å². The van der Waals surface area contributed by atoms with Gasteiger partial charge < -0.3 is 20.5 Å². The lowest BCUT2D eigenvalue weighted by atomic mass is 10.1. The third kappa shape index (κ3) is 2.80. The van der Waals surface area contributed by atoms with Gasteiger partial charge in [0.15, 0.2) is 0 Å². The van der Waals surface area contributed by atoms with Crippen LogP contribution in [0, 0.1) is 0 Å². The molecule has 1 atom stereocenters. The van der Waals surface area contributed by atoms with E-state index in [1.807, 2.05) is 0 Å². The molecule has 1 aliphatic heterocycles. The molecule has 5 nitrogen and oxygen atoms in total. The van der Waals surface area contributed by atoms with Gasteiger partial charge in [-0.2, -0.15) is 0 Å². The van der Waals surface area contributed by atoms with Crippen molar-refractivity contribution in [3.8, 4) is 5.75 Å². The Morgan fingerprint density at radius 3 is 2.94 bits per heavy atom. The highest BCUT2D eigenvalue weighted by Gasteiger charge is 2.28. The first-order valence-electron chi connectivity index (χ1n) is 6.12. The van der Waals surface area contributed by atoms with Gasteiger partial charge in [0.05, 0.1) is 18.3 Å². The number of carbonyl (C=O) groups excluding carboxylic acids is 1. The fraction of sp³-hybridized carbons (Fsp3) is 0.462. The largest absolute Gasteiger partial charge is 0.506 e. The van der Waals surface area contributed by atoms with Crippen LogP contribution in [0.4, 0.5) is 5.69 Å². The summed E-state index contributed by atoms with van der Waals surface area (Å²) in [5.74, 6) is -0.00850. The van der Waals surface area contributed by atoms with Crippen molar-refractivity contribution in [3.05, 3.63) is 24.3 Å². The Balaban J connectivity index is 2.10. The second kappa shape index (κ2) is 5.84. The minimum atomic E-state index is -0.125. The molecular weight excluding hydrogens is 232 g/mol. The molecule has 5 heteroatoms. The van der Waals surface area contributed by atoms with Crippen molar-refractivity contribution in [1.29, 1.82) is 0 Å². The maximum absolute atomic E-state index is 11.8. The van der Waals surface area contributed by atoms with Crippen LogP contribution >= 0.6 is 0 Å². The van der Waals surface area contributed by atoms with Crippen LogP contribution in [-0.4, -0.2) is 36.8 Å². The fourth-order valence-corrected chi connectivity index (χ4v) is 2.07. The minimum absolute atomic E-state index is 0.00847. The molecule has 1 saturated heterocycles. The number of aromatic hydroxyl groups is 1. The zero-order valence-corrected chi connectivity index (χ0v) is 10.2. The normalized spacial score (nSPS) is 20.2. The Hall–Kier alpha value is -1.59. The number of rotatable bonds is 4. The van der Waals surface area contributed by atoms with Gasteiger partial charge in [-0.25, -0.2) is 0 Å². The van der Waals surface area contributed by atoms with Crippen LogP contribution in [0.25, 0.3) is 0 Å². The van der Waals surface area contributed by atoms with E-state index in [0.29, 0.717) is 18.8 Å². The summed E-state index contributed by atoms with van der Waals surface area (Å²) in [7, 11) is 0. The van der Waals surface area contributed by atoms with E-state index < -0.39 is 0 Å². The number of nitrogens with zero attached hydrogens (tertiary/aromatic N) is 1. The van der Waals surface area contributed by atoms with Gasteiger partial charge in [0.1, 0.15) is 12.4 Å². The number of phenolic OH excluding ortho intramolecular Hbond substituents is 1. The number of phenols is 1. The van der Waals surface area contributed by atoms with Crippen molar-refractivity contribution in [1.82, 2.24) is 0 Å². The maximum Gasteiger partial charge on any atom is 0.253 e. The van der Waals surface area contributed by atoms with Crippen molar-refractivity contribution in [2.45, 2.75) is 18.9 Å². The van der Waals surface area contributed by atoms with Crippen LogP contribution in [0.1, 0.15) is 12.8 Å². The summed E-state index contributed by atoms with van der Waals surface area (Å²) in [5, 5.41) is 9.79. The number of anilines is 1. The molecule has 1 fully saturated rings. The summed E-state index contributed by atoms with van der Waals surface area (Å²) in [6.07, 6.45) is 1.69. The summed E-state index contributed by atoms with van der Waals surface area (Å²) in [4.78, 5) is 13.4. The van der Waals surface area contributed by atoms with E-state index in [0.717, 1.165) is 12.8 Å². The zero-order valence-electron chi connectivity index (χ0n) is 10.2. The zero-order chi connectivity index (χ0) is 13.0.